The van der Waals surface area contributed by atoms with Crippen LogP contribution in [0.2, 0.25) is 0 Å². The van der Waals surface area contributed by atoms with E-state index in [1.54, 1.807) is 0 Å². The summed E-state index contributed by atoms with van der Waals surface area (Å²) < 4.78 is 12.1. The summed E-state index contributed by atoms with van der Waals surface area (Å²) in [5, 5.41) is 2.84. The second kappa shape index (κ2) is 7.90. The molecule has 1 amide bonds. The Morgan fingerprint density at radius 3 is 2.59 bits per heavy atom. The summed E-state index contributed by atoms with van der Waals surface area (Å²) in [5.41, 5.74) is 4.37. The Balaban J connectivity index is 1.82. The minimum Gasteiger partial charge on any atom is -0.351 e. The molecule has 0 saturated heterocycles. The predicted molar refractivity (Wildman–Crippen MR) is 90.9 cm³/mol. The van der Waals surface area contributed by atoms with Gasteiger partial charge in [0, 0.05) is 23.1 Å². The summed E-state index contributed by atoms with van der Waals surface area (Å²) in [7, 11) is -1.18. The van der Waals surface area contributed by atoms with Gasteiger partial charge < -0.3 is 5.32 Å². The lowest BCUT2D eigenvalue weighted by Gasteiger charge is -2.08. The van der Waals surface area contributed by atoms with Crippen LogP contribution in [-0.2, 0) is 27.9 Å². The number of aryl methyl sites for hydroxylation is 2. The van der Waals surface area contributed by atoms with Crippen molar-refractivity contribution in [2.75, 3.05) is 5.75 Å². The molecule has 116 valence electrons. The molecular formula is C18H21NO2S. The molecule has 0 aliphatic carbocycles. The van der Waals surface area contributed by atoms with Crippen molar-refractivity contribution in [1.29, 1.82) is 0 Å². The number of carbonyl (C=O) groups excluding carboxylic acids is 1. The van der Waals surface area contributed by atoms with Gasteiger partial charge in [0.15, 0.2) is 0 Å². The first-order valence-corrected chi connectivity index (χ1v) is 8.75. The van der Waals surface area contributed by atoms with Crippen molar-refractivity contribution in [2.24, 2.45) is 0 Å². The number of amides is 1. The number of hydrogen-bond donors (Lipinski definition) is 1. The van der Waals surface area contributed by atoms with Gasteiger partial charge in [0.25, 0.3) is 0 Å². The first-order chi connectivity index (χ1) is 10.5. The standard InChI is InChI=1S/C18H21NO2S/c1-14-6-5-8-16(10-14)12-22(21)13-18(20)19-11-17-9-4-3-7-15(17)2/h3-10H,11-13H2,1-2H3,(H,19,20). The highest BCUT2D eigenvalue weighted by Gasteiger charge is 2.09. The van der Waals surface area contributed by atoms with Crippen LogP contribution in [0.5, 0.6) is 0 Å². The molecule has 4 heteroatoms. The van der Waals surface area contributed by atoms with E-state index in [0.29, 0.717) is 12.3 Å². The number of rotatable bonds is 6. The fourth-order valence-corrected chi connectivity index (χ4v) is 3.29. The second-order valence-electron chi connectivity index (χ2n) is 5.42. The topological polar surface area (TPSA) is 46.2 Å². The number of carbonyl (C=O) groups is 1. The zero-order valence-electron chi connectivity index (χ0n) is 13.0. The zero-order valence-corrected chi connectivity index (χ0v) is 13.8. The third-order valence-electron chi connectivity index (χ3n) is 3.44. The van der Waals surface area contributed by atoms with Gasteiger partial charge in [-0.25, -0.2) is 0 Å². The van der Waals surface area contributed by atoms with Crippen LogP contribution in [0.1, 0.15) is 22.3 Å². The van der Waals surface area contributed by atoms with Crippen LogP contribution in [-0.4, -0.2) is 15.9 Å². The van der Waals surface area contributed by atoms with E-state index in [1.165, 1.54) is 0 Å². The zero-order chi connectivity index (χ0) is 15.9. The Kier molecular flexibility index (Phi) is 5.90. The molecule has 0 saturated carbocycles. The number of hydrogen-bond acceptors (Lipinski definition) is 2. The van der Waals surface area contributed by atoms with Crippen molar-refractivity contribution >= 4 is 16.7 Å². The quantitative estimate of drug-likeness (QED) is 0.891. The molecule has 1 unspecified atom stereocenters. The molecule has 1 N–H and O–H groups in total. The average Bonchev–Trinajstić information content (AvgIpc) is 2.46. The van der Waals surface area contributed by atoms with Crippen LogP contribution >= 0.6 is 0 Å². The highest BCUT2D eigenvalue weighted by molar-refractivity contribution is 7.84. The van der Waals surface area contributed by atoms with E-state index in [-0.39, 0.29) is 11.7 Å². The maximum Gasteiger partial charge on any atom is 0.232 e. The van der Waals surface area contributed by atoms with Crippen LogP contribution in [0.15, 0.2) is 48.5 Å². The van der Waals surface area contributed by atoms with Crippen LogP contribution in [0, 0.1) is 13.8 Å². The van der Waals surface area contributed by atoms with E-state index in [1.807, 2.05) is 62.4 Å². The van der Waals surface area contributed by atoms with Gasteiger partial charge in [0.2, 0.25) is 5.91 Å². The lowest BCUT2D eigenvalue weighted by molar-refractivity contribution is -0.118. The smallest absolute Gasteiger partial charge is 0.232 e. The van der Waals surface area contributed by atoms with E-state index in [0.717, 1.165) is 22.3 Å². The first-order valence-electron chi connectivity index (χ1n) is 7.26. The SMILES string of the molecule is Cc1cccc(CS(=O)CC(=O)NCc2ccccc2C)c1. The van der Waals surface area contributed by atoms with E-state index in [2.05, 4.69) is 5.32 Å². The molecule has 0 aliphatic rings. The van der Waals surface area contributed by atoms with E-state index in [4.69, 9.17) is 0 Å². The van der Waals surface area contributed by atoms with E-state index < -0.39 is 10.8 Å². The molecule has 0 heterocycles. The fourth-order valence-electron chi connectivity index (χ4n) is 2.24. The van der Waals surface area contributed by atoms with Gasteiger partial charge in [-0.2, -0.15) is 0 Å². The average molecular weight is 315 g/mol. The van der Waals surface area contributed by atoms with Crippen molar-refractivity contribution < 1.29 is 9.00 Å². The molecule has 0 aliphatic heterocycles. The van der Waals surface area contributed by atoms with Crippen molar-refractivity contribution in [1.82, 2.24) is 5.32 Å². The largest absolute Gasteiger partial charge is 0.351 e. The van der Waals surface area contributed by atoms with Crippen LogP contribution in [0.4, 0.5) is 0 Å². The van der Waals surface area contributed by atoms with Crippen LogP contribution in [0.3, 0.4) is 0 Å². The number of benzene rings is 2. The Morgan fingerprint density at radius 1 is 1.09 bits per heavy atom. The van der Waals surface area contributed by atoms with E-state index in [9.17, 15) is 9.00 Å². The normalized spacial score (nSPS) is 11.9. The second-order valence-corrected chi connectivity index (χ2v) is 6.88. The van der Waals surface area contributed by atoms with Gasteiger partial charge >= 0.3 is 0 Å². The third-order valence-corrected chi connectivity index (χ3v) is 4.68. The van der Waals surface area contributed by atoms with E-state index >= 15 is 0 Å². The molecule has 0 fully saturated rings. The van der Waals surface area contributed by atoms with Gasteiger partial charge in [-0.05, 0) is 30.5 Å². The summed E-state index contributed by atoms with van der Waals surface area (Å²) in [6.07, 6.45) is 0. The lowest BCUT2D eigenvalue weighted by atomic mass is 10.1. The Bertz CT molecular complexity index is 682. The third kappa shape index (κ3) is 5.11. The lowest BCUT2D eigenvalue weighted by Crippen LogP contribution is -2.28. The molecule has 1 atom stereocenters. The molecule has 0 bridgehead atoms. The Morgan fingerprint density at radius 2 is 1.86 bits per heavy atom. The van der Waals surface area contributed by atoms with Crippen LogP contribution in [0.25, 0.3) is 0 Å². The molecule has 2 rings (SSSR count). The highest BCUT2D eigenvalue weighted by Crippen LogP contribution is 2.08. The summed E-state index contributed by atoms with van der Waals surface area (Å²) in [6, 6.07) is 15.8. The molecule has 0 spiro atoms. The van der Waals surface area contributed by atoms with Gasteiger partial charge in [-0.3, -0.25) is 9.00 Å². The highest BCUT2D eigenvalue weighted by atomic mass is 32.2. The molecule has 0 aromatic heterocycles. The summed E-state index contributed by atoms with van der Waals surface area (Å²) in [6.45, 7) is 4.49. The van der Waals surface area contributed by atoms with Gasteiger partial charge in [0.05, 0.1) is 0 Å². The van der Waals surface area contributed by atoms with Gasteiger partial charge in [0.1, 0.15) is 5.75 Å². The maximum atomic E-state index is 12.1. The van der Waals surface area contributed by atoms with Crippen molar-refractivity contribution in [3.05, 3.63) is 70.8 Å². The first kappa shape index (κ1) is 16.4. The summed E-state index contributed by atoms with van der Waals surface area (Å²) in [4.78, 5) is 11.9. The van der Waals surface area contributed by atoms with Crippen molar-refractivity contribution in [3.8, 4) is 0 Å². The van der Waals surface area contributed by atoms with Crippen molar-refractivity contribution in [2.45, 2.75) is 26.1 Å². The minimum atomic E-state index is -1.18. The van der Waals surface area contributed by atoms with Gasteiger partial charge in [-0.1, -0.05) is 54.1 Å². The fraction of sp³-hybridized carbons (Fsp3) is 0.278. The van der Waals surface area contributed by atoms with Crippen molar-refractivity contribution in [3.63, 3.8) is 0 Å². The summed E-state index contributed by atoms with van der Waals surface area (Å²) >= 11 is 0. The molecule has 0 radical (unpaired) electrons. The maximum absolute atomic E-state index is 12.1. The Labute approximate surface area is 134 Å². The predicted octanol–water partition coefficient (Wildman–Crippen LogP) is 2.87. The molecule has 22 heavy (non-hydrogen) atoms. The Hall–Kier alpha value is -1.94. The monoisotopic (exact) mass is 315 g/mol. The minimum absolute atomic E-state index is 0.0415. The summed E-state index contributed by atoms with van der Waals surface area (Å²) in [5.74, 6) is 0.286. The number of nitrogens with one attached hydrogen (secondary N) is 1. The molecule has 3 nitrogen and oxygen atoms in total. The molecule has 2 aromatic rings. The molecular weight excluding hydrogens is 294 g/mol. The molecule has 2 aromatic carbocycles. The van der Waals surface area contributed by atoms with Gasteiger partial charge in [-0.15, -0.1) is 0 Å². The van der Waals surface area contributed by atoms with Crippen LogP contribution < -0.4 is 5.32 Å².